The molecule has 6 rings (SSSR count). The first kappa shape index (κ1) is 23.9. The fraction of sp³-hybridized carbons (Fsp3) is 0.324. The number of pyridine rings is 1. The second kappa shape index (κ2) is 8.02. The molecule has 0 aliphatic heterocycles. The van der Waals surface area contributed by atoms with E-state index in [4.69, 9.17) is 4.42 Å². The number of hydrogen-bond donors (Lipinski definition) is 0. The van der Waals surface area contributed by atoms with Crippen LogP contribution in [0.5, 0.6) is 0 Å². The lowest BCUT2D eigenvalue weighted by Gasteiger charge is -2.42. The highest BCUT2D eigenvalue weighted by molar-refractivity contribution is 6.13. The average Bonchev–Trinajstić information content (AvgIpc) is 3.21. The number of fused-ring (bicyclic) bond motifs is 4. The number of benzene rings is 3. The lowest BCUT2D eigenvalue weighted by molar-refractivity contribution is -0.660. The number of aromatic nitrogens is 1. The Hall–Kier alpha value is -3.46. The van der Waals surface area contributed by atoms with Crippen molar-refractivity contribution in [3.8, 4) is 22.4 Å². The van der Waals surface area contributed by atoms with Crippen molar-refractivity contribution in [2.75, 3.05) is 0 Å². The Labute approximate surface area is 218 Å². The van der Waals surface area contributed by atoms with Gasteiger partial charge in [0.05, 0.1) is 11.1 Å². The van der Waals surface area contributed by atoms with Gasteiger partial charge in [-0.3, -0.25) is 0 Å². The maximum absolute atomic E-state index is 16.0. The van der Waals surface area contributed by atoms with Crippen LogP contribution in [0, 0.1) is 19.7 Å². The van der Waals surface area contributed by atoms with Gasteiger partial charge in [-0.05, 0) is 77.5 Å². The predicted octanol–water partition coefficient (Wildman–Crippen LogP) is 8.85. The van der Waals surface area contributed by atoms with E-state index < -0.39 is 0 Å². The van der Waals surface area contributed by atoms with Crippen LogP contribution in [-0.4, -0.2) is 0 Å². The molecule has 2 heterocycles. The highest BCUT2D eigenvalue weighted by Gasteiger charge is 2.37. The zero-order chi connectivity index (χ0) is 26.3. The monoisotopic (exact) mass is 492 g/mol. The predicted molar refractivity (Wildman–Crippen MR) is 150 cm³/mol. The van der Waals surface area contributed by atoms with Crippen LogP contribution >= 0.6 is 0 Å². The number of furan rings is 1. The minimum absolute atomic E-state index is 0.0422. The minimum Gasteiger partial charge on any atom is -0.454 e. The summed E-state index contributed by atoms with van der Waals surface area (Å²) >= 11 is 0. The Morgan fingerprint density at radius 2 is 1.46 bits per heavy atom. The zero-order valence-electron chi connectivity index (χ0n) is 22.9. The second-order valence-corrected chi connectivity index (χ2v) is 12.2. The highest BCUT2D eigenvalue weighted by atomic mass is 19.1. The average molecular weight is 493 g/mol. The van der Waals surface area contributed by atoms with Crippen LogP contribution in [-0.2, 0) is 17.9 Å². The third-order valence-electron chi connectivity index (χ3n) is 8.71. The van der Waals surface area contributed by atoms with E-state index in [0.717, 1.165) is 51.6 Å². The van der Waals surface area contributed by atoms with Crippen molar-refractivity contribution in [2.45, 2.75) is 65.2 Å². The fourth-order valence-corrected chi connectivity index (χ4v) is 6.29. The van der Waals surface area contributed by atoms with Crippen molar-refractivity contribution in [2.24, 2.45) is 7.05 Å². The quantitative estimate of drug-likeness (QED) is 0.225. The third-order valence-corrected chi connectivity index (χ3v) is 8.71. The summed E-state index contributed by atoms with van der Waals surface area (Å²) in [4.78, 5) is 0. The van der Waals surface area contributed by atoms with Gasteiger partial charge in [-0.1, -0.05) is 58.0 Å². The van der Waals surface area contributed by atoms with Gasteiger partial charge in [-0.15, -0.1) is 0 Å². The molecule has 0 N–H and O–H groups in total. The normalized spacial score (nSPS) is 16.3. The van der Waals surface area contributed by atoms with Crippen LogP contribution in [0.1, 0.15) is 62.8 Å². The summed E-state index contributed by atoms with van der Waals surface area (Å²) in [5, 5.41) is 1.98. The van der Waals surface area contributed by atoms with E-state index in [-0.39, 0.29) is 16.6 Å². The summed E-state index contributed by atoms with van der Waals surface area (Å²) in [6.45, 7) is 13.2. The molecule has 2 aromatic heterocycles. The Kier molecular flexibility index (Phi) is 5.18. The molecule has 0 spiro atoms. The smallest absolute Gasteiger partial charge is 0.216 e. The lowest BCUT2D eigenvalue weighted by Crippen LogP contribution is -2.33. The number of halogens is 1. The molecule has 0 fully saturated rings. The van der Waals surface area contributed by atoms with E-state index in [2.05, 4.69) is 75.6 Å². The van der Waals surface area contributed by atoms with Crippen molar-refractivity contribution in [3.63, 3.8) is 0 Å². The molecule has 188 valence electrons. The Balaban J connectivity index is 1.68. The summed E-state index contributed by atoms with van der Waals surface area (Å²) in [5.41, 5.74) is 9.61. The van der Waals surface area contributed by atoms with Crippen molar-refractivity contribution in [3.05, 3.63) is 88.9 Å². The van der Waals surface area contributed by atoms with Gasteiger partial charge in [-0.25, -0.2) is 8.96 Å². The number of hydrogen-bond acceptors (Lipinski definition) is 1. The molecule has 5 aromatic rings. The van der Waals surface area contributed by atoms with E-state index in [9.17, 15) is 0 Å². The van der Waals surface area contributed by atoms with E-state index >= 15 is 4.39 Å². The van der Waals surface area contributed by atoms with Crippen LogP contribution in [0.15, 0.2) is 65.2 Å². The fourth-order valence-electron chi connectivity index (χ4n) is 6.29. The Bertz CT molecular complexity index is 1720. The third kappa shape index (κ3) is 3.54. The molecule has 0 saturated carbocycles. The molecule has 3 heteroatoms. The standard InChI is InChI=1S/C34H35FNO/c1-20-11-13-23-24-18-21(2)30(35)29(32(24)37-31(23)28(20)27-10-8-9-17-36(27)7)22-12-14-25-26(19-22)34(5,6)16-15-33(25,3)4/h8-14,17-19H,15-16H2,1-7H3/q+1. The van der Waals surface area contributed by atoms with Gasteiger partial charge < -0.3 is 4.42 Å². The SMILES string of the molecule is Cc1cc2c(oc3c(-c4cccc[n+]4C)c(C)ccc32)c(-c2ccc3c(c2)C(C)(C)CCC3(C)C)c1F. The highest BCUT2D eigenvalue weighted by Crippen LogP contribution is 2.48. The molecule has 2 nitrogen and oxygen atoms in total. The van der Waals surface area contributed by atoms with Gasteiger partial charge in [0.25, 0.3) is 0 Å². The van der Waals surface area contributed by atoms with E-state index in [1.54, 1.807) is 0 Å². The van der Waals surface area contributed by atoms with Crippen LogP contribution in [0.2, 0.25) is 0 Å². The van der Waals surface area contributed by atoms with Crippen LogP contribution < -0.4 is 4.57 Å². The van der Waals surface area contributed by atoms with Gasteiger partial charge in [0, 0.05) is 22.9 Å². The molecule has 37 heavy (non-hydrogen) atoms. The van der Waals surface area contributed by atoms with E-state index in [0.29, 0.717) is 16.7 Å². The summed E-state index contributed by atoms with van der Waals surface area (Å²) < 4.78 is 24.8. The summed E-state index contributed by atoms with van der Waals surface area (Å²) in [7, 11) is 2.04. The van der Waals surface area contributed by atoms with Gasteiger partial charge >= 0.3 is 0 Å². The molecule has 0 radical (unpaired) electrons. The first-order valence-electron chi connectivity index (χ1n) is 13.2. The molecule has 0 bridgehead atoms. The summed E-state index contributed by atoms with van der Waals surface area (Å²) in [6.07, 6.45) is 4.31. The van der Waals surface area contributed by atoms with Crippen molar-refractivity contribution in [1.29, 1.82) is 0 Å². The van der Waals surface area contributed by atoms with Gasteiger partial charge in [-0.2, -0.15) is 0 Å². The zero-order valence-corrected chi connectivity index (χ0v) is 22.9. The minimum atomic E-state index is -0.206. The maximum atomic E-state index is 16.0. The van der Waals surface area contributed by atoms with Gasteiger partial charge in [0.2, 0.25) is 5.69 Å². The molecule has 0 saturated heterocycles. The molecule has 0 atom stereocenters. The maximum Gasteiger partial charge on any atom is 0.216 e. The summed E-state index contributed by atoms with van der Waals surface area (Å²) in [6, 6.07) is 18.9. The van der Waals surface area contributed by atoms with Crippen molar-refractivity contribution >= 4 is 21.9 Å². The lowest BCUT2D eigenvalue weighted by atomic mass is 9.63. The van der Waals surface area contributed by atoms with Gasteiger partial charge in [0.15, 0.2) is 6.20 Å². The Morgan fingerprint density at radius 3 is 2.19 bits per heavy atom. The molecule has 3 aromatic carbocycles. The van der Waals surface area contributed by atoms with E-state index in [1.807, 2.05) is 38.4 Å². The molecular formula is C34H35FNO+. The summed E-state index contributed by atoms with van der Waals surface area (Å²) in [5.74, 6) is -0.206. The molecular weight excluding hydrogens is 457 g/mol. The number of rotatable bonds is 2. The van der Waals surface area contributed by atoms with Gasteiger partial charge in [0.1, 0.15) is 24.0 Å². The second-order valence-electron chi connectivity index (χ2n) is 12.2. The topological polar surface area (TPSA) is 17.0 Å². The Morgan fingerprint density at radius 1 is 0.757 bits per heavy atom. The van der Waals surface area contributed by atoms with Crippen molar-refractivity contribution < 1.29 is 13.4 Å². The van der Waals surface area contributed by atoms with Crippen LogP contribution in [0.25, 0.3) is 44.3 Å². The molecule has 0 amide bonds. The van der Waals surface area contributed by atoms with Crippen LogP contribution in [0.3, 0.4) is 0 Å². The van der Waals surface area contributed by atoms with E-state index in [1.165, 1.54) is 11.1 Å². The number of aryl methyl sites for hydroxylation is 3. The molecule has 1 aliphatic carbocycles. The largest absolute Gasteiger partial charge is 0.454 e. The first-order chi connectivity index (χ1) is 17.5. The first-order valence-corrected chi connectivity index (χ1v) is 13.2. The van der Waals surface area contributed by atoms with Crippen molar-refractivity contribution in [1.82, 2.24) is 0 Å². The molecule has 1 aliphatic rings. The van der Waals surface area contributed by atoms with Crippen LogP contribution in [0.4, 0.5) is 4.39 Å². The number of nitrogens with zero attached hydrogens (tertiary/aromatic N) is 1. The molecule has 0 unspecified atom stereocenters.